The number of benzene rings is 2. The number of fused-ring (bicyclic) bond motifs is 1. The molecule has 3 heterocycles. The van der Waals surface area contributed by atoms with Gasteiger partial charge in [0.2, 0.25) is 0 Å². The quantitative estimate of drug-likeness (QED) is 0.384. The average Bonchev–Trinajstić information content (AvgIpc) is 3.35. The van der Waals surface area contributed by atoms with E-state index in [1.807, 2.05) is 47.3 Å². The molecule has 142 valence electrons. The maximum atomic E-state index is 4.85. The van der Waals surface area contributed by atoms with Crippen molar-refractivity contribution < 1.29 is 0 Å². The summed E-state index contributed by atoms with van der Waals surface area (Å²) < 4.78 is 5.06. The van der Waals surface area contributed by atoms with E-state index in [4.69, 9.17) is 4.98 Å². The number of halogens is 1. The summed E-state index contributed by atoms with van der Waals surface area (Å²) in [4.78, 5) is 4.85. The molecule has 5 rings (SSSR count). The van der Waals surface area contributed by atoms with Crippen LogP contribution in [0.2, 0.25) is 0 Å². The Kier molecular flexibility index (Phi) is 4.69. The van der Waals surface area contributed by atoms with Crippen LogP contribution in [0.5, 0.6) is 0 Å². The fraction of sp³-hybridized carbons (Fsp3) is 0.0870. The summed E-state index contributed by atoms with van der Waals surface area (Å²) >= 11 is 3.47. The molecule has 5 nitrogen and oxygen atoms in total. The Labute approximate surface area is 176 Å². The van der Waals surface area contributed by atoms with E-state index in [1.165, 1.54) is 11.1 Å². The third-order valence-electron chi connectivity index (χ3n) is 4.88. The second kappa shape index (κ2) is 7.64. The second-order valence-corrected chi connectivity index (χ2v) is 7.84. The van der Waals surface area contributed by atoms with E-state index in [9.17, 15) is 0 Å². The van der Waals surface area contributed by atoms with E-state index in [2.05, 4.69) is 73.2 Å². The standard InChI is InChI=1S/C23H18BrN5/c24-19-11-9-18(10-12-19)15-28-16-20(26-27-28)23-21(14-17-6-2-1-3-7-17)29-13-5-4-8-22(29)25-23/h1-13,16H,14-15H2. The number of rotatable bonds is 5. The molecule has 0 aliphatic carbocycles. The smallest absolute Gasteiger partial charge is 0.137 e. The number of nitrogens with zero attached hydrogens (tertiary/aromatic N) is 5. The molecule has 0 aliphatic rings. The SMILES string of the molecule is Brc1ccc(Cn2cc(-c3nc4ccccn4c3Cc3ccccc3)nn2)cc1. The molecule has 0 N–H and O–H groups in total. The van der Waals surface area contributed by atoms with Crippen molar-refractivity contribution in [2.75, 3.05) is 0 Å². The predicted molar refractivity (Wildman–Crippen MR) is 117 cm³/mol. The molecule has 0 saturated heterocycles. The molecule has 2 aromatic carbocycles. The van der Waals surface area contributed by atoms with Gasteiger partial charge in [0.1, 0.15) is 17.0 Å². The first-order valence-corrected chi connectivity index (χ1v) is 10.2. The molecule has 0 fully saturated rings. The highest BCUT2D eigenvalue weighted by atomic mass is 79.9. The number of imidazole rings is 1. The fourth-order valence-corrected chi connectivity index (χ4v) is 3.74. The molecule has 0 radical (unpaired) electrons. The summed E-state index contributed by atoms with van der Waals surface area (Å²) in [6, 6.07) is 24.7. The van der Waals surface area contributed by atoms with Gasteiger partial charge in [-0.25, -0.2) is 9.67 Å². The lowest BCUT2D eigenvalue weighted by atomic mass is 10.1. The van der Waals surface area contributed by atoms with E-state index in [-0.39, 0.29) is 0 Å². The lowest BCUT2D eigenvalue weighted by Gasteiger charge is -2.04. The van der Waals surface area contributed by atoms with Gasteiger partial charge in [-0.1, -0.05) is 69.7 Å². The van der Waals surface area contributed by atoms with E-state index < -0.39 is 0 Å². The number of pyridine rings is 1. The van der Waals surface area contributed by atoms with Crippen molar-refractivity contribution in [3.05, 3.63) is 106 Å². The van der Waals surface area contributed by atoms with Crippen molar-refractivity contribution in [2.45, 2.75) is 13.0 Å². The molecular formula is C23H18BrN5. The topological polar surface area (TPSA) is 48.0 Å². The zero-order valence-electron chi connectivity index (χ0n) is 15.6. The molecular weight excluding hydrogens is 426 g/mol. The summed E-state index contributed by atoms with van der Waals surface area (Å²) in [6.45, 7) is 0.668. The molecule has 0 amide bonds. The minimum atomic E-state index is 0.668. The lowest BCUT2D eigenvalue weighted by Crippen LogP contribution is -2.00. The van der Waals surface area contributed by atoms with Crippen molar-refractivity contribution >= 4 is 21.6 Å². The van der Waals surface area contributed by atoms with Crippen molar-refractivity contribution in [2.24, 2.45) is 0 Å². The van der Waals surface area contributed by atoms with Gasteiger partial charge in [-0.15, -0.1) is 5.10 Å². The van der Waals surface area contributed by atoms with Crippen LogP contribution in [0.4, 0.5) is 0 Å². The van der Waals surface area contributed by atoms with Crippen LogP contribution in [0, 0.1) is 0 Å². The average molecular weight is 444 g/mol. The van der Waals surface area contributed by atoms with Gasteiger partial charge in [0, 0.05) is 17.1 Å². The zero-order chi connectivity index (χ0) is 19.6. The van der Waals surface area contributed by atoms with Crippen LogP contribution in [-0.4, -0.2) is 24.4 Å². The Morgan fingerprint density at radius 2 is 1.62 bits per heavy atom. The first kappa shape index (κ1) is 17.8. The third-order valence-corrected chi connectivity index (χ3v) is 5.41. The van der Waals surface area contributed by atoms with Gasteiger partial charge in [0.05, 0.1) is 18.4 Å². The highest BCUT2D eigenvalue weighted by molar-refractivity contribution is 9.10. The minimum absolute atomic E-state index is 0.668. The molecule has 29 heavy (non-hydrogen) atoms. The Morgan fingerprint density at radius 1 is 0.828 bits per heavy atom. The van der Waals surface area contributed by atoms with Gasteiger partial charge >= 0.3 is 0 Å². The maximum Gasteiger partial charge on any atom is 0.137 e. The van der Waals surface area contributed by atoms with E-state index >= 15 is 0 Å². The predicted octanol–water partition coefficient (Wildman–Crippen LogP) is 4.99. The first-order valence-electron chi connectivity index (χ1n) is 9.41. The van der Waals surface area contributed by atoms with Crippen LogP contribution in [0.25, 0.3) is 17.0 Å². The van der Waals surface area contributed by atoms with Gasteiger partial charge < -0.3 is 4.40 Å². The van der Waals surface area contributed by atoms with Crippen LogP contribution in [0.3, 0.4) is 0 Å². The van der Waals surface area contributed by atoms with Crippen molar-refractivity contribution in [1.82, 2.24) is 24.4 Å². The number of hydrogen-bond donors (Lipinski definition) is 0. The van der Waals surface area contributed by atoms with Gasteiger partial charge in [-0.2, -0.15) is 0 Å². The largest absolute Gasteiger partial charge is 0.303 e. The molecule has 6 heteroatoms. The van der Waals surface area contributed by atoms with E-state index in [0.717, 1.165) is 33.6 Å². The minimum Gasteiger partial charge on any atom is -0.303 e. The zero-order valence-corrected chi connectivity index (χ0v) is 17.2. The molecule has 0 saturated carbocycles. The summed E-state index contributed by atoms with van der Waals surface area (Å²) in [7, 11) is 0. The summed E-state index contributed by atoms with van der Waals surface area (Å²) in [5.41, 5.74) is 6.10. The van der Waals surface area contributed by atoms with Crippen LogP contribution < -0.4 is 0 Å². The third kappa shape index (κ3) is 3.71. The Morgan fingerprint density at radius 3 is 2.45 bits per heavy atom. The normalized spacial score (nSPS) is 11.2. The summed E-state index contributed by atoms with van der Waals surface area (Å²) in [5.74, 6) is 0. The first-order chi connectivity index (χ1) is 14.3. The second-order valence-electron chi connectivity index (χ2n) is 6.93. The lowest BCUT2D eigenvalue weighted by molar-refractivity contribution is 0.649. The van der Waals surface area contributed by atoms with Gasteiger partial charge in [-0.3, -0.25) is 0 Å². The van der Waals surface area contributed by atoms with Gasteiger partial charge in [0.25, 0.3) is 0 Å². The Balaban J connectivity index is 1.52. The highest BCUT2D eigenvalue weighted by Gasteiger charge is 2.17. The van der Waals surface area contributed by atoms with Crippen LogP contribution in [0.15, 0.2) is 89.7 Å². The van der Waals surface area contributed by atoms with E-state index in [0.29, 0.717) is 6.54 Å². The molecule has 0 atom stereocenters. The Hall–Kier alpha value is -3.25. The molecule has 3 aromatic heterocycles. The van der Waals surface area contributed by atoms with Crippen molar-refractivity contribution in [3.8, 4) is 11.4 Å². The van der Waals surface area contributed by atoms with Gasteiger partial charge in [0.15, 0.2) is 0 Å². The monoisotopic (exact) mass is 443 g/mol. The van der Waals surface area contributed by atoms with Gasteiger partial charge in [-0.05, 0) is 35.4 Å². The fourth-order valence-electron chi connectivity index (χ4n) is 3.47. The highest BCUT2D eigenvalue weighted by Crippen LogP contribution is 2.25. The van der Waals surface area contributed by atoms with Crippen LogP contribution >= 0.6 is 15.9 Å². The molecule has 0 unspecified atom stereocenters. The molecule has 0 bridgehead atoms. The molecule has 0 aliphatic heterocycles. The molecule has 5 aromatic rings. The number of aromatic nitrogens is 5. The molecule has 0 spiro atoms. The number of hydrogen-bond acceptors (Lipinski definition) is 3. The maximum absolute atomic E-state index is 4.85. The van der Waals surface area contributed by atoms with Crippen molar-refractivity contribution in [1.29, 1.82) is 0 Å². The van der Waals surface area contributed by atoms with Crippen LogP contribution in [0.1, 0.15) is 16.8 Å². The summed E-state index contributed by atoms with van der Waals surface area (Å²) in [6.07, 6.45) is 4.80. The van der Waals surface area contributed by atoms with E-state index in [1.54, 1.807) is 0 Å². The Bertz CT molecular complexity index is 1260. The van der Waals surface area contributed by atoms with Crippen LogP contribution in [-0.2, 0) is 13.0 Å². The summed E-state index contributed by atoms with van der Waals surface area (Å²) in [5, 5.41) is 8.76. The van der Waals surface area contributed by atoms with Crippen molar-refractivity contribution in [3.63, 3.8) is 0 Å².